The number of aromatic nitrogens is 2. The summed E-state index contributed by atoms with van der Waals surface area (Å²) in [6.45, 7) is 8.18. The lowest BCUT2D eigenvalue weighted by atomic mass is 10.1. The lowest BCUT2D eigenvalue weighted by Gasteiger charge is -2.09. The van der Waals surface area contributed by atoms with Gasteiger partial charge in [-0.05, 0) is 30.9 Å². The second kappa shape index (κ2) is 6.28. The molecule has 4 heteroatoms. The van der Waals surface area contributed by atoms with Gasteiger partial charge in [-0.15, -0.1) is 11.3 Å². The maximum atomic E-state index is 4.54. The molecule has 0 unspecified atom stereocenters. The van der Waals surface area contributed by atoms with Crippen LogP contribution in [-0.4, -0.2) is 9.97 Å². The number of anilines is 1. The van der Waals surface area contributed by atoms with Gasteiger partial charge in [0.15, 0.2) is 0 Å². The number of rotatable bonds is 5. The largest absolute Gasteiger partial charge is 0.344 e. The van der Waals surface area contributed by atoms with Crippen molar-refractivity contribution in [3.63, 3.8) is 0 Å². The number of fused-ring (bicyclic) bond motifs is 1. The molecule has 0 saturated carbocycles. The normalized spacial score (nSPS) is 10.8. The van der Waals surface area contributed by atoms with Crippen LogP contribution in [0.4, 0.5) is 5.82 Å². The highest BCUT2D eigenvalue weighted by atomic mass is 32.1. The first-order chi connectivity index (χ1) is 10.7. The fourth-order valence-corrected chi connectivity index (χ4v) is 3.03. The molecule has 0 bridgehead atoms. The Morgan fingerprint density at radius 3 is 2.86 bits per heavy atom. The van der Waals surface area contributed by atoms with Crippen LogP contribution in [0.15, 0.2) is 48.1 Å². The van der Waals surface area contributed by atoms with Crippen molar-refractivity contribution in [3.8, 4) is 11.3 Å². The maximum absolute atomic E-state index is 4.54. The SMILES string of the molecule is C=C(CCC)Nc1cc2ccc(-c3csc(C)n3)cc2cn1. The lowest BCUT2D eigenvalue weighted by Crippen LogP contribution is -1.99. The predicted molar refractivity (Wildman–Crippen MR) is 95.3 cm³/mol. The minimum absolute atomic E-state index is 0.850. The minimum atomic E-state index is 0.850. The highest BCUT2D eigenvalue weighted by molar-refractivity contribution is 7.09. The molecule has 2 aromatic heterocycles. The third-order valence-corrected chi connectivity index (χ3v) is 4.27. The zero-order valence-electron chi connectivity index (χ0n) is 12.9. The molecule has 0 amide bonds. The summed E-state index contributed by atoms with van der Waals surface area (Å²) in [5, 5.41) is 8.73. The zero-order valence-corrected chi connectivity index (χ0v) is 13.7. The van der Waals surface area contributed by atoms with Crippen molar-refractivity contribution >= 4 is 27.9 Å². The molecule has 3 rings (SSSR count). The highest BCUT2D eigenvalue weighted by Crippen LogP contribution is 2.26. The number of hydrogen-bond acceptors (Lipinski definition) is 4. The number of nitrogens with one attached hydrogen (secondary N) is 1. The van der Waals surface area contributed by atoms with Crippen LogP contribution >= 0.6 is 11.3 Å². The van der Waals surface area contributed by atoms with Crippen molar-refractivity contribution in [3.05, 3.63) is 53.1 Å². The second-order valence-corrected chi connectivity index (χ2v) is 6.42. The van der Waals surface area contributed by atoms with Crippen LogP contribution in [0, 0.1) is 6.92 Å². The van der Waals surface area contributed by atoms with E-state index in [4.69, 9.17) is 0 Å². The fraction of sp³-hybridized carbons (Fsp3) is 0.222. The Labute approximate surface area is 134 Å². The van der Waals surface area contributed by atoms with Crippen molar-refractivity contribution in [2.24, 2.45) is 0 Å². The fourth-order valence-electron chi connectivity index (χ4n) is 2.41. The number of benzene rings is 1. The topological polar surface area (TPSA) is 37.8 Å². The average Bonchev–Trinajstić information content (AvgIpc) is 2.93. The molecule has 2 heterocycles. The lowest BCUT2D eigenvalue weighted by molar-refractivity contribution is 0.911. The number of nitrogens with zero attached hydrogens (tertiary/aromatic N) is 2. The number of thiazole rings is 1. The van der Waals surface area contributed by atoms with Gasteiger partial charge in [0.25, 0.3) is 0 Å². The molecule has 0 saturated heterocycles. The van der Waals surface area contributed by atoms with Gasteiger partial charge in [-0.2, -0.15) is 0 Å². The van der Waals surface area contributed by atoms with Gasteiger partial charge in [0.05, 0.1) is 10.7 Å². The molecule has 0 aliphatic heterocycles. The van der Waals surface area contributed by atoms with Crippen LogP contribution in [0.3, 0.4) is 0 Å². The summed E-state index contributed by atoms with van der Waals surface area (Å²) in [5.41, 5.74) is 3.17. The van der Waals surface area contributed by atoms with Gasteiger partial charge < -0.3 is 5.32 Å². The quantitative estimate of drug-likeness (QED) is 0.686. The smallest absolute Gasteiger partial charge is 0.130 e. The summed E-state index contributed by atoms with van der Waals surface area (Å²) >= 11 is 1.67. The van der Waals surface area contributed by atoms with Gasteiger partial charge in [-0.1, -0.05) is 32.1 Å². The second-order valence-electron chi connectivity index (χ2n) is 5.36. The van der Waals surface area contributed by atoms with E-state index in [-0.39, 0.29) is 0 Å². The van der Waals surface area contributed by atoms with Crippen LogP contribution in [0.5, 0.6) is 0 Å². The van der Waals surface area contributed by atoms with E-state index in [0.717, 1.165) is 51.4 Å². The maximum Gasteiger partial charge on any atom is 0.130 e. The zero-order chi connectivity index (χ0) is 15.5. The predicted octanol–water partition coefficient (Wildman–Crippen LogP) is 5.39. The third kappa shape index (κ3) is 3.17. The molecular weight excluding hydrogens is 290 g/mol. The first-order valence-corrected chi connectivity index (χ1v) is 8.31. The molecule has 0 fully saturated rings. The van der Waals surface area contributed by atoms with Crippen molar-refractivity contribution in [1.29, 1.82) is 0 Å². The standard InChI is InChI=1S/C18H19N3S/c1-4-5-12(2)20-18-9-14-6-7-15(8-16(14)10-19-18)17-11-22-13(3)21-17/h6-11H,2,4-5H2,1,3H3,(H,19,20). The Morgan fingerprint density at radius 1 is 1.27 bits per heavy atom. The Kier molecular flexibility index (Phi) is 4.20. The molecule has 0 aliphatic carbocycles. The van der Waals surface area contributed by atoms with Gasteiger partial charge in [0, 0.05) is 28.2 Å². The van der Waals surface area contributed by atoms with Crippen molar-refractivity contribution < 1.29 is 0 Å². The highest BCUT2D eigenvalue weighted by Gasteiger charge is 2.05. The number of aryl methyl sites for hydroxylation is 1. The van der Waals surface area contributed by atoms with E-state index >= 15 is 0 Å². The number of hydrogen-bond donors (Lipinski definition) is 1. The molecule has 22 heavy (non-hydrogen) atoms. The van der Waals surface area contributed by atoms with E-state index in [0.29, 0.717) is 0 Å². The van der Waals surface area contributed by atoms with Gasteiger partial charge in [0.1, 0.15) is 5.82 Å². The van der Waals surface area contributed by atoms with E-state index in [9.17, 15) is 0 Å². The van der Waals surface area contributed by atoms with E-state index in [2.05, 4.69) is 58.4 Å². The van der Waals surface area contributed by atoms with Crippen molar-refractivity contribution in [1.82, 2.24) is 9.97 Å². The van der Waals surface area contributed by atoms with Crippen LogP contribution in [0.1, 0.15) is 24.8 Å². The summed E-state index contributed by atoms with van der Waals surface area (Å²) < 4.78 is 0. The molecule has 112 valence electrons. The van der Waals surface area contributed by atoms with Gasteiger partial charge >= 0.3 is 0 Å². The van der Waals surface area contributed by atoms with Crippen LogP contribution < -0.4 is 5.32 Å². The summed E-state index contributed by atoms with van der Waals surface area (Å²) in [5.74, 6) is 0.850. The monoisotopic (exact) mass is 309 g/mol. The van der Waals surface area contributed by atoms with Crippen molar-refractivity contribution in [2.45, 2.75) is 26.7 Å². The van der Waals surface area contributed by atoms with Gasteiger partial charge in [-0.25, -0.2) is 9.97 Å². The van der Waals surface area contributed by atoms with Crippen LogP contribution in [0.25, 0.3) is 22.0 Å². The number of allylic oxidation sites excluding steroid dienone is 1. The molecule has 3 nitrogen and oxygen atoms in total. The Morgan fingerprint density at radius 2 is 2.14 bits per heavy atom. The molecule has 0 aliphatic rings. The summed E-state index contributed by atoms with van der Waals surface area (Å²) in [6.07, 6.45) is 3.94. The molecule has 0 atom stereocenters. The van der Waals surface area contributed by atoms with E-state index in [1.165, 1.54) is 0 Å². The molecule has 1 aromatic carbocycles. The van der Waals surface area contributed by atoms with Crippen LogP contribution in [0.2, 0.25) is 0 Å². The molecular formula is C18H19N3S. The summed E-state index contributed by atoms with van der Waals surface area (Å²) in [6, 6.07) is 8.43. The molecule has 1 N–H and O–H groups in total. The minimum Gasteiger partial charge on any atom is -0.344 e. The molecule has 0 spiro atoms. The van der Waals surface area contributed by atoms with Gasteiger partial charge in [-0.3, -0.25) is 0 Å². The Balaban J connectivity index is 1.89. The average molecular weight is 309 g/mol. The summed E-state index contributed by atoms with van der Waals surface area (Å²) in [7, 11) is 0. The van der Waals surface area contributed by atoms with Crippen LogP contribution in [-0.2, 0) is 0 Å². The first-order valence-electron chi connectivity index (χ1n) is 7.43. The van der Waals surface area contributed by atoms with E-state index in [1.54, 1.807) is 11.3 Å². The van der Waals surface area contributed by atoms with E-state index < -0.39 is 0 Å². The molecule has 3 aromatic rings. The van der Waals surface area contributed by atoms with E-state index in [1.807, 2.05) is 13.1 Å². The van der Waals surface area contributed by atoms with Crippen molar-refractivity contribution in [2.75, 3.05) is 5.32 Å². The summed E-state index contributed by atoms with van der Waals surface area (Å²) in [4.78, 5) is 9.02. The molecule has 0 radical (unpaired) electrons. The Bertz CT molecular complexity index is 820. The third-order valence-electron chi connectivity index (χ3n) is 3.49. The van der Waals surface area contributed by atoms with Gasteiger partial charge in [0.2, 0.25) is 0 Å². The first kappa shape index (κ1) is 14.7. The number of pyridine rings is 1. The Hall–Kier alpha value is -2.20.